The number of nitrogens with one attached hydrogen (secondary N) is 2. The topological polar surface area (TPSA) is 89.4 Å². The summed E-state index contributed by atoms with van der Waals surface area (Å²) in [5.74, 6) is -0.144. The van der Waals surface area contributed by atoms with E-state index in [0.717, 1.165) is 38.5 Å². The van der Waals surface area contributed by atoms with Crippen LogP contribution in [0.4, 0.5) is 0 Å². The molecule has 8 nitrogen and oxygen atoms in total. The number of hydrogen-bond acceptors (Lipinski definition) is 5. The van der Waals surface area contributed by atoms with Crippen molar-refractivity contribution in [2.24, 2.45) is 5.92 Å². The lowest BCUT2D eigenvalue weighted by Crippen LogP contribution is -3.13. The second kappa shape index (κ2) is 12.8. The van der Waals surface area contributed by atoms with Crippen molar-refractivity contribution in [3.8, 4) is 0 Å². The highest BCUT2D eigenvalue weighted by atomic mass is 16.5. The van der Waals surface area contributed by atoms with Gasteiger partial charge in [-0.1, -0.05) is 19.3 Å². The van der Waals surface area contributed by atoms with Crippen molar-refractivity contribution < 1.29 is 28.8 Å². The Balaban J connectivity index is 1.63. The average Bonchev–Trinajstić information content (AvgIpc) is 2.94. The smallest absolute Gasteiger partial charge is 0.328 e. The Morgan fingerprint density at radius 1 is 1.07 bits per heavy atom. The number of rotatable bonds is 9. The highest BCUT2D eigenvalue weighted by molar-refractivity contribution is 5.85. The minimum absolute atomic E-state index is 0.0739. The molecule has 0 spiro atoms. The lowest BCUT2D eigenvalue weighted by atomic mass is 9.89. The highest BCUT2D eigenvalue weighted by Crippen LogP contribution is 2.22. The zero-order valence-corrected chi connectivity index (χ0v) is 18.0. The van der Waals surface area contributed by atoms with Crippen LogP contribution in [0.15, 0.2) is 0 Å². The molecule has 0 aromatic heterocycles. The van der Waals surface area contributed by atoms with Gasteiger partial charge in [-0.3, -0.25) is 9.59 Å². The third kappa shape index (κ3) is 8.70. The van der Waals surface area contributed by atoms with Crippen molar-refractivity contribution in [1.29, 1.82) is 0 Å². The number of quaternary nitrogens is 1. The Bertz CT molecular complexity index is 536. The summed E-state index contributed by atoms with van der Waals surface area (Å²) in [4.78, 5) is 39.2. The van der Waals surface area contributed by atoms with Gasteiger partial charge in [0.1, 0.15) is 19.3 Å². The van der Waals surface area contributed by atoms with Crippen LogP contribution in [-0.4, -0.2) is 81.3 Å². The molecule has 0 radical (unpaired) electrons. The molecule has 29 heavy (non-hydrogen) atoms. The zero-order chi connectivity index (χ0) is 21.1. The van der Waals surface area contributed by atoms with E-state index in [1.54, 1.807) is 18.7 Å². The number of carbonyl (C=O) groups excluding carboxylic acids is 3. The van der Waals surface area contributed by atoms with Gasteiger partial charge in [-0.15, -0.1) is 0 Å². The Hall–Kier alpha value is -1.67. The molecule has 0 aromatic carbocycles. The van der Waals surface area contributed by atoms with Crippen LogP contribution in [-0.2, 0) is 23.9 Å². The van der Waals surface area contributed by atoms with E-state index in [1.165, 1.54) is 38.6 Å². The Morgan fingerprint density at radius 2 is 1.83 bits per heavy atom. The number of carbonyl (C=O) groups is 3. The summed E-state index contributed by atoms with van der Waals surface area (Å²) < 4.78 is 10.1. The molecule has 1 saturated carbocycles. The third-order valence-electron chi connectivity index (χ3n) is 5.82. The third-order valence-corrected chi connectivity index (χ3v) is 5.82. The quantitative estimate of drug-likeness (QED) is 0.511. The van der Waals surface area contributed by atoms with Gasteiger partial charge in [-0.05, 0) is 26.7 Å². The second-order valence-electron chi connectivity index (χ2n) is 8.23. The van der Waals surface area contributed by atoms with E-state index in [1.807, 2.05) is 4.90 Å². The zero-order valence-electron chi connectivity index (χ0n) is 18.0. The highest BCUT2D eigenvalue weighted by Gasteiger charge is 2.25. The van der Waals surface area contributed by atoms with Crippen LogP contribution in [0.3, 0.4) is 0 Å². The summed E-state index contributed by atoms with van der Waals surface area (Å²) in [5, 5.41) is 2.51. The van der Waals surface area contributed by atoms with E-state index in [4.69, 9.17) is 9.47 Å². The molecule has 2 unspecified atom stereocenters. The predicted molar refractivity (Wildman–Crippen MR) is 108 cm³/mol. The van der Waals surface area contributed by atoms with Crippen molar-refractivity contribution in [2.75, 3.05) is 52.5 Å². The van der Waals surface area contributed by atoms with Gasteiger partial charge in [-0.25, -0.2) is 4.79 Å². The van der Waals surface area contributed by atoms with Crippen LogP contribution in [0, 0.1) is 5.92 Å². The van der Waals surface area contributed by atoms with Crippen LogP contribution in [0.1, 0.15) is 52.4 Å². The summed E-state index contributed by atoms with van der Waals surface area (Å²) in [6, 6.07) is -0.731. The maximum atomic E-state index is 12.4. The lowest BCUT2D eigenvalue weighted by molar-refractivity contribution is -0.901. The maximum Gasteiger partial charge on any atom is 0.328 e. The summed E-state index contributed by atoms with van der Waals surface area (Å²) in [6.45, 7) is 8.01. The van der Waals surface area contributed by atoms with Crippen molar-refractivity contribution in [3.05, 3.63) is 0 Å². The summed E-state index contributed by atoms with van der Waals surface area (Å²) in [7, 11) is 0. The summed E-state index contributed by atoms with van der Waals surface area (Å²) in [6.07, 6.45) is 7.84. The molecule has 1 aliphatic carbocycles. The van der Waals surface area contributed by atoms with E-state index in [-0.39, 0.29) is 25.7 Å². The number of ether oxygens (including phenoxy) is 2. The van der Waals surface area contributed by atoms with Crippen LogP contribution in [0.5, 0.6) is 0 Å². The van der Waals surface area contributed by atoms with Crippen molar-refractivity contribution >= 4 is 17.8 Å². The molecule has 0 aromatic rings. The fourth-order valence-electron chi connectivity index (χ4n) is 4.23. The van der Waals surface area contributed by atoms with Crippen LogP contribution >= 0.6 is 0 Å². The minimum Gasteiger partial charge on any atom is -0.464 e. The molecule has 166 valence electrons. The van der Waals surface area contributed by atoms with Gasteiger partial charge in [-0.2, -0.15) is 0 Å². The number of nitrogens with zero attached hydrogens (tertiary/aromatic N) is 1. The first-order chi connectivity index (χ1) is 14.0. The molecule has 1 aliphatic heterocycles. The van der Waals surface area contributed by atoms with Gasteiger partial charge in [0.05, 0.1) is 32.8 Å². The van der Waals surface area contributed by atoms with Crippen molar-refractivity contribution in [1.82, 2.24) is 10.2 Å². The fraction of sp³-hybridized carbons (Fsp3) is 0.857. The first-order valence-electron chi connectivity index (χ1n) is 11.1. The normalized spacial score (nSPS) is 21.9. The van der Waals surface area contributed by atoms with E-state index in [9.17, 15) is 14.4 Å². The molecule has 2 N–H and O–H groups in total. The largest absolute Gasteiger partial charge is 0.464 e. The van der Waals surface area contributed by atoms with E-state index in [2.05, 4.69) is 5.32 Å². The molecule has 0 bridgehead atoms. The standard InChI is InChI=1S/C21H37N3O5/c1-3-29-21(27)17(2)22-19(25)15-28-16-20(26)24-11-7-10-23(12-13-24)14-18-8-5-4-6-9-18/h17-18H,3-16H2,1-2H3,(H,22,25)/p+1. The molecule has 2 fully saturated rings. The van der Waals surface area contributed by atoms with Gasteiger partial charge in [0.25, 0.3) is 0 Å². The maximum absolute atomic E-state index is 12.4. The summed E-state index contributed by atoms with van der Waals surface area (Å²) >= 11 is 0. The minimum atomic E-state index is -0.731. The molecule has 2 aliphatic rings. The van der Waals surface area contributed by atoms with Gasteiger partial charge in [0.15, 0.2) is 0 Å². The summed E-state index contributed by atoms with van der Waals surface area (Å²) in [5.41, 5.74) is 0. The monoisotopic (exact) mass is 412 g/mol. The Kier molecular flexibility index (Phi) is 10.4. The first kappa shape index (κ1) is 23.6. The van der Waals surface area contributed by atoms with Gasteiger partial charge >= 0.3 is 5.97 Å². The predicted octanol–water partition coefficient (Wildman–Crippen LogP) is -0.232. The molecule has 1 saturated heterocycles. The number of amides is 2. The SMILES string of the molecule is CCOC(=O)C(C)NC(=O)COCC(=O)N1CCC[NH+](CC2CCCCC2)CC1. The van der Waals surface area contributed by atoms with E-state index in [0.29, 0.717) is 0 Å². The van der Waals surface area contributed by atoms with E-state index < -0.39 is 17.9 Å². The second-order valence-corrected chi connectivity index (χ2v) is 8.23. The van der Waals surface area contributed by atoms with Crippen molar-refractivity contribution in [2.45, 2.75) is 58.4 Å². The molecular formula is C21H38N3O5+. The lowest BCUT2D eigenvalue weighted by Gasteiger charge is -2.26. The van der Waals surface area contributed by atoms with Gasteiger partial charge in [0.2, 0.25) is 11.8 Å². The Morgan fingerprint density at radius 3 is 2.55 bits per heavy atom. The average molecular weight is 413 g/mol. The van der Waals surface area contributed by atoms with Crippen LogP contribution in [0.25, 0.3) is 0 Å². The molecule has 2 rings (SSSR count). The molecule has 8 heteroatoms. The molecule has 2 atom stereocenters. The van der Waals surface area contributed by atoms with Gasteiger partial charge < -0.3 is 24.6 Å². The molecule has 1 heterocycles. The van der Waals surface area contributed by atoms with Crippen LogP contribution < -0.4 is 10.2 Å². The molecular weight excluding hydrogens is 374 g/mol. The van der Waals surface area contributed by atoms with E-state index >= 15 is 0 Å². The van der Waals surface area contributed by atoms with Crippen molar-refractivity contribution in [3.63, 3.8) is 0 Å². The number of esters is 1. The first-order valence-corrected chi connectivity index (χ1v) is 11.1. The van der Waals surface area contributed by atoms with Crippen LogP contribution in [0.2, 0.25) is 0 Å². The van der Waals surface area contributed by atoms with Gasteiger partial charge in [0, 0.05) is 18.9 Å². The Labute approximate surface area is 174 Å². The molecule has 2 amide bonds. The number of hydrogen-bond donors (Lipinski definition) is 2. The fourth-order valence-corrected chi connectivity index (χ4v) is 4.23.